The molecule has 0 atom stereocenters. The van der Waals surface area contributed by atoms with Crippen LogP contribution in [0.15, 0.2) is 72.8 Å². The van der Waals surface area contributed by atoms with Gasteiger partial charge in [0.15, 0.2) is 6.16 Å². The van der Waals surface area contributed by atoms with E-state index in [1.54, 1.807) is 12.1 Å². The molecule has 0 radical (unpaired) electrons. The molecule has 1 aliphatic heterocycles. The van der Waals surface area contributed by atoms with E-state index in [2.05, 4.69) is 0 Å². The minimum absolute atomic E-state index is 0.422. The van der Waals surface area contributed by atoms with E-state index >= 15 is 0 Å². The van der Waals surface area contributed by atoms with Gasteiger partial charge >= 0.3 is 13.6 Å². The maximum Gasteiger partial charge on any atom is 0.441 e. The maximum atomic E-state index is 13.5. The molecule has 1 heterocycles. The summed E-state index contributed by atoms with van der Waals surface area (Å²) < 4.78 is 30.0. The number of rotatable bonds is 2. The molecule has 5 rings (SSSR count). The average molecular weight is 404 g/mol. The molecule has 4 aromatic rings. The van der Waals surface area contributed by atoms with Gasteiger partial charge in [0.25, 0.3) is 0 Å². The highest BCUT2D eigenvalue weighted by atomic mass is 31.2. The number of fused-ring (bicyclic) bond motifs is 7. The van der Waals surface area contributed by atoms with E-state index in [-0.39, 0.29) is 0 Å². The third-order valence-electron chi connectivity index (χ3n) is 5.06. The van der Waals surface area contributed by atoms with E-state index in [9.17, 15) is 9.36 Å². The number of methoxy groups -OCH3 is 1. The standard InChI is InChI=1S/C23H17O5P/c1-26-21(24)14-29(25)27-19-12-10-15-6-2-4-8-17(15)22(19)23-18-9-5-3-7-16(18)11-13-20(23)28-29/h2-13H,14H2,1H3. The van der Waals surface area contributed by atoms with Crippen LogP contribution in [-0.4, -0.2) is 19.2 Å². The number of hydrogen-bond donors (Lipinski definition) is 0. The minimum Gasteiger partial charge on any atom is -0.468 e. The van der Waals surface area contributed by atoms with Gasteiger partial charge in [0.05, 0.1) is 7.11 Å². The van der Waals surface area contributed by atoms with Gasteiger partial charge in [-0.15, -0.1) is 0 Å². The van der Waals surface area contributed by atoms with Crippen molar-refractivity contribution in [3.63, 3.8) is 0 Å². The summed E-state index contributed by atoms with van der Waals surface area (Å²) in [4.78, 5) is 11.9. The van der Waals surface area contributed by atoms with Crippen LogP contribution in [0.2, 0.25) is 0 Å². The van der Waals surface area contributed by atoms with Crippen LogP contribution in [0.4, 0.5) is 0 Å². The Balaban J connectivity index is 1.88. The zero-order chi connectivity index (χ0) is 20.0. The topological polar surface area (TPSA) is 61.8 Å². The molecular formula is C23H17O5P. The zero-order valence-electron chi connectivity index (χ0n) is 15.6. The Kier molecular flexibility index (Phi) is 4.07. The number of hydrogen-bond acceptors (Lipinski definition) is 5. The largest absolute Gasteiger partial charge is 0.468 e. The Morgan fingerprint density at radius 2 is 1.28 bits per heavy atom. The van der Waals surface area contributed by atoms with Gasteiger partial charge in [0.2, 0.25) is 0 Å². The Morgan fingerprint density at radius 3 is 1.76 bits per heavy atom. The molecule has 0 amide bonds. The van der Waals surface area contributed by atoms with E-state index in [1.807, 2.05) is 60.7 Å². The third kappa shape index (κ3) is 2.95. The van der Waals surface area contributed by atoms with Gasteiger partial charge in [0.1, 0.15) is 11.5 Å². The number of carbonyl (C=O) groups excluding carboxylic acids is 1. The van der Waals surface area contributed by atoms with Gasteiger partial charge in [0, 0.05) is 11.1 Å². The van der Waals surface area contributed by atoms with E-state index in [4.69, 9.17) is 13.8 Å². The fraction of sp³-hybridized carbons (Fsp3) is 0.0870. The van der Waals surface area contributed by atoms with E-state index in [0.717, 1.165) is 32.7 Å². The summed E-state index contributed by atoms with van der Waals surface area (Å²) in [5.74, 6) is 0.192. The second-order valence-corrected chi connectivity index (χ2v) is 8.75. The van der Waals surface area contributed by atoms with E-state index in [0.29, 0.717) is 11.5 Å². The lowest BCUT2D eigenvalue weighted by Gasteiger charge is -2.17. The second-order valence-electron chi connectivity index (χ2n) is 6.85. The summed E-state index contributed by atoms with van der Waals surface area (Å²) in [6, 6.07) is 23.2. The molecule has 5 nitrogen and oxygen atoms in total. The molecule has 0 bridgehead atoms. The van der Waals surface area contributed by atoms with Gasteiger partial charge in [-0.3, -0.25) is 4.79 Å². The number of carbonyl (C=O) groups is 1. The Labute approximate surface area is 167 Å². The first-order valence-electron chi connectivity index (χ1n) is 9.17. The first-order chi connectivity index (χ1) is 14.1. The Hall–Kier alpha value is -3.30. The monoisotopic (exact) mass is 404 g/mol. The van der Waals surface area contributed by atoms with E-state index in [1.165, 1.54) is 7.11 Å². The van der Waals surface area contributed by atoms with Gasteiger partial charge in [-0.1, -0.05) is 60.7 Å². The van der Waals surface area contributed by atoms with Crippen LogP contribution in [0.5, 0.6) is 11.5 Å². The molecule has 0 N–H and O–H groups in total. The van der Waals surface area contributed by atoms with Crippen LogP contribution in [0, 0.1) is 0 Å². The maximum absolute atomic E-state index is 13.5. The van der Waals surface area contributed by atoms with Crippen molar-refractivity contribution in [2.75, 3.05) is 13.3 Å². The molecule has 0 fully saturated rings. The van der Waals surface area contributed by atoms with Crippen LogP contribution in [0.25, 0.3) is 32.7 Å². The van der Waals surface area contributed by atoms with Gasteiger partial charge in [-0.2, -0.15) is 0 Å². The second kappa shape index (κ2) is 6.64. The molecule has 29 heavy (non-hydrogen) atoms. The van der Waals surface area contributed by atoms with Crippen molar-refractivity contribution in [2.24, 2.45) is 0 Å². The molecule has 1 aliphatic rings. The van der Waals surface area contributed by atoms with Crippen molar-refractivity contribution < 1.29 is 23.1 Å². The zero-order valence-corrected chi connectivity index (χ0v) is 16.5. The molecular weight excluding hydrogens is 387 g/mol. The first kappa shape index (κ1) is 17.8. The lowest BCUT2D eigenvalue weighted by Crippen LogP contribution is -2.13. The van der Waals surface area contributed by atoms with Crippen LogP contribution < -0.4 is 9.05 Å². The molecule has 0 unspecified atom stereocenters. The Morgan fingerprint density at radius 1 is 0.793 bits per heavy atom. The average Bonchev–Trinajstić information content (AvgIpc) is 2.86. The lowest BCUT2D eigenvalue weighted by atomic mass is 9.92. The summed E-state index contributed by atoms with van der Waals surface area (Å²) in [5.41, 5.74) is 1.61. The molecule has 0 saturated carbocycles. The summed E-state index contributed by atoms with van der Waals surface area (Å²) in [7, 11) is -2.58. The summed E-state index contributed by atoms with van der Waals surface area (Å²) in [6.07, 6.45) is -0.470. The van der Waals surface area contributed by atoms with Crippen LogP contribution in [0.3, 0.4) is 0 Å². The molecule has 0 aliphatic carbocycles. The van der Waals surface area contributed by atoms with Crippen molar-refractivity contribution in [1.82, 2.24) is 0 Å². The van der Waals surface area contributed by atoms with Crippen LogP contribution in [0.1, 0.15) is 0 Å². The van der Waals surface area contributed by atoms with Crippen LogP contribution in [-0.2, 0) is 14.1 Å². The quantitative estimate of drug-likeness (QED) is 0.312. The molecule has 0 spiro atoms. The number of benzene rings is 4. The first-order valence-corrected chi connectivity index (χ1v) is 10.9. The summed E-state index contributed by atoms with van der Waals surface area (Å²) in [5, 5.41) is 3.97. The molecule has 0 aromatic heterocycles. The van der Waals surface area contributed by atoms with Crippen molar-refractivity contribution in [3.05, 3.63) is 72.8 Å². The number of esters is 1. The van der Waals surface area contributed by atoms with Gasteiger partial charge in [-0.05, 0) is 33.7 Å². The lowest BCUT2D eigenvalue weighted by molar-refractivity contribution is -0.137. The van der Waals surface area contributed by atoms with Crippen molar-refractivity contribution >= 4 is 35.1 Å². The molecule has 0 saturated heterocycles. The molecule has 4 aromatic carbocycles. The summed E-state index contributed by atoms with van der Waals surface area (Å²) in [6.45, 7) is 0. The van der Waals surface area contributed by atoms with Crippen molar-refractivity contribution in [3.8, 4) is 22.6 Å². The Bertz CT molecular complexity index is 1240. The highest BCUT2D eigenvalue weighted by Gasteiger charge is 2.37. The highest BCUT2D eigenvalue weighted by Crippen LogP contribution is 2.58. The minimum atomic E-state index is -3.82. The fourth-order valence-electron chi connectivity index (χ4n) is 3.78. The predicted octanol–water partition coefficient (Wildman–Crippen LogP) is 5.80. The third-order valence-corrected chi connectivity index (χ3v) is 6.65. The van der Waals surface area contributed by atoms with E-state index < -0.39 is 19.7 Å². The SMILES string of the molecule is COC(=O)CP1(=O)Oc2ccc3ccccc3c2-c2c(ccc3ccccc23)O1. The predicted molar refractivity (Wildman–Crippen MR) is 113 cm³/mol. The van der Waals surface area contributed by atoms with Gasteiger partial charge in [-0.25, -0.2) is 4.57 Å². The molecule has 6 heteroatoms. The smallest absolute Gasteiger partial charge is 0.441 e. The normalized spacial score (nSPS) is 14.2. The van der Waals surface area contributed by atoms with Crippen LogP contribution >= 0.6 is 7.60 Å². The van der Waals surface area contributed by atoms with Crippen molar-refractivity contribution in [1.29, 1.82) is 0 Å². The molecule has 144 valence electrons. The fourth-order valence-corrected chi connectivity index (χ4v) is 5.29. The summed E-state index contributed by atoms with van der Waals surface area (Å²) >= 11 is 0. The number of ether oxygens (including phenoxy) is 1. The van der Waals surface area contributed by atoms with Gasteiger partial charge < -0.3 is 13.8 Å². The highest BCUT2D eigenvalue weighted by molar-refractivity contribution is 7.55. The van der Waals surface area contributed by atoms with Crippen molar-refractivity contribution in [2.45, 2.75) is 0 Å².